The number of nitrogen functional groups attached to an aromatic ring is 1. The Morgan fingerprint density at radius 3 is 2.37 bits per heavy atom. The van der Waals surface area contributed by atoms with Crippen LogP contribution < -0.4 is 15.4 Å². The summed E-state index contributed by atoms with van der Waals surface area (Å²) >= 11 is 3.42. The normalized spacial score (nSPS) is 10.6. The summed E-state index contributed by atoms with van der Waals surface area (Å²) in [6, 6.07) is 11.1. The van der Waals surface area contributed by atoms with E-state index in [9.17, 15) is 4.79 Å². The van der Waals surface area contributed by atoms with Gasteiger partial charge in [0.2, 0.25) is 11.8 Å². The number of aryl methyl sites for hydroxylation is 3. The van der Waals surface area contributed by atoms with Gasteiger partial charge in [-0.2, -0.15) is 4.98 Å². The van der Waals surface area contributed by atoms with Crippen molar-refractivity contribution >= 4 is 39.3 Å². The number of carbonyl (C=O) groups excluding carboxylic acids is 1. The van der Waals surface area contributed by atoms with Crippen molar-refractivity contribution in [2.45, 2.75) is 27.7 Å². The molecule has 0 spiro atoms. The molecule has 0 atom stereocenters. The average molecular weight is 471 g/mol. The monoisotopic (exact) mass is 470 g/mol. The summed E-state index contributed by atoms with van der Waals surface area (Å²) in [4.78, 5) is 22.8. The van der Waals surface area contributed by atoms with Crippen molar-refractivity contribution in [3.63, 3.8) is 0 Å². The van der Waals surface area contributed by atoms with Crippen molar-refractivity contribution in [3.8, 4) is 11.6 Å². The molecule has 8 heteroatoms. The summed E-state index contributed by atoms with van der Waals surface area (Å²) in [5.41, 5.74) is 9.97. The molecule has 1 aromatic heterocycles. The van der Waals surface area contributed by atoms with Gasteiger partial charge in [0.05, 0.1) is 23.0 Å². The minimum Gasteiger partial charge on any atom is -0.449 e. The first-order chi connectivity index (χ1) is 14.3. The van der Waals surface area contributed by atoms with E-state index < -0.39 is 6.09 Å². The van der Waals surface area contributed by atoms with Gasteiger partial charge >= 0.3 is 6.09 Å². The van der Waals surface area contributed by atoms with E-state index in [1.54, 1.807) is 13.1 Å². The molecule has 7 nitrogen and oxygen atoms in total. The topological polar surface area (TPSA) is 90.6 Å². The first-order valence-corrected chi connectivity index (χ1v) is 10.2. The maximum absolute atomic E-state index is 12.7. The zero-order valence-corrected chi connectivity index (χ0v) is 18.9. The van der Waals surface area contributed by atoms with Crippen molar-refractivity contribution in [1.29, 1.82) is 0 Å². The van der Waals surface area contributed by atoms with Crippen LogP contribution in [-0.4, -0.2) is 22.7 Å². The molecule has 0 aliphatic carbocycles. The van der Waals surface area contributed by atoms with Gasteiger partial charge in [0, 0.05) is 5.69 Å². The third kappa shape index (κ3) is 4.71. The molecule has 156 valence electrons. The minimum atomic E-state index is -0.575. The van der Waals surface area contributed by atoms with Gasteiger partial charge in [-0.05, 0) is 79.0 Å². The summed E-state index contributed by atoms with van der Waals surface area (Å²) in [6.45, 7) is 7.76. The maximum atomic E-state index is 12.7. The van der Waals surface area contributed by atoms with Crippen molar-refractivity contribution in [2.24, 2.45) is 0 Å². The highest BCUT2D eigenvalue weighted by Gasteiger charge is 2.24. The maximum Gasteiger partial charge on any atom is 0.421 e. The van der Waals surface area contributed by atoms with Gasteiger partial charge in [-0.15, -0.1) is 0 Å². The summed E-state index contributed by atoms with van der Waals surface area (Å²) in [5.74, 6) is 1.06. The largest absolute Gasteiger partial charge is 0.449 e. The Bertz CT molecular complexity index is 1050. The van der Waals surface area contributed by atoms with Crippen LogP contribution in [0.1, 0.15) is 23.6 Å². The van der Waals surface area contributed by atoms with Gasteiger partial charge < -0.3 is 15.2 Å². The molecule has 0 aliphatic heterocycles. The van der Waals surface area contributed by atoms with E-state index in [1.807, 2.05) is 57.2 Å². The first kappa shape index (κ1) is 21.6. The van der Waals surface area contributed by atoms with E-state index in [4.69, 9.17) is 15.2 Å². The molecule has 0 radical (unpaired) electrons. The SMILES string of the molecule is CCOC(=O)N(c1ccc(C)cc1)c1ncc(Br)c(Oc2c(C)cc(N)cc2C)n1. The predicted octanol–water partition coefficient (Wildman–Crippen LogP) is 5.83. The van der Waals surface area contributed by atoms with Crippen LogP contribution >= 0.6 is 15.9 Å². The highest BCUT2D eigenvalue weighted by Crippen LogP contribution is 2.35. The summed E-state index contributed by atoms with van der Waals surface area (Å²) in [6.07, 6.45) is 0.967. The first-order valence-electron chi connectivity index (χ1n) is 9.40. The van der Waals surface area contributed by atoms with Gasteiger partial charge in [0.25, 0.3) is 0 Å². The van der Waals surface area contributed by atoms with Gasteiger partial charge in [-0.3, -0.25) is 0 Å². The third-order valence-corrected chi connectivity index (χ3v) is 4.87. The smallest absolute Gasteiger partial charge is 0.421 e. The zero-order valence-electron chi connectivity index (χ0n) is 17.3. The summed E-state index contributed by atoms with van der Waals surface area (Å²) < 4.78 is 11.9. The van der Waals surface area contributed by atoms with Crippen LogP contribution in [-0.2, 0) is 4.74 Å². The van der Waals surface area contributed by atoms with E-state index in [2.05, 4.69) is 25.9 Å². The lowest BCUT2D eigenvalue weighted by molar-refractivity contribution is 0.162. The number of anilines is 3. The van der Waals surface area contributed by atoms with Crippen LogP contribution in [0.2, 0.25) is 0 Å². The van der Waals surface area contributed by atoms with Crippen LogP contribution in [0.5, 0.6) is 11.6 Å². The molecule has 0 fully saturated rings. The molecule has 30 heavy (non-hydrogen) atoms. The van der Waals surface area contributed by atoms with E-state index in [-0.39, 0.29) is 18.4 Å². The van der Waals surface area contributed by atoms with Gasteiger partial charge in [0.1, 0.15) is 5.75 Å². The lowest BCUT2D eigenvalue weighted by atomic mass is 10.1. The minimum absolute atomic E-state index is 0.140. The Labute approximate surface area is 184 Å². The Kier molecular flexibility index (Phi) is 6.56. The fourth-order valence-corrected chi connectivity index (χ4v) is 3.22. The van der Waals surface area contributed by atoms with Crippen LogP contribution in [0.4, 0.5) is 22.1 Å². The van der Waals surface area contributed by atoms with Crippen LogP contribution in [0.25, 0.3) is 0 Å². The second kappa shape index (κ2) is 9.13. The van der Waals surface area contributed by atoms with Crippen LogP contribution in [0.15, 0.2) is 47.1 Å². The van der Waals surface area contributed by atoms with Crippen LogP contribution in [0, 0.1) is 20.8 Å². The quantitative estimate of drug-likeness (QED) is 0.471. The Morgan fingerprint density at radius 2 is 1.77 bits per heavy atom. The van der Waals surface area contributed by atoms with E-state index in [0.29, 0.717) is 21.6 Å². The fraction of sp³-hybridized carbons (Fsp3) is 0.227. The number of hydrogen-bond donors (Lipinski definition) is 1. The second-order valence-corrected chi connectivity index (χ2v) is 7.63. The Hall–Kier alpha value is -3.13. The number of nitrogens with two attached hydrogens (primary N) is 1. The highest BCUT2D eigenvalue weighted by atomic mass is 79.9. The molecular weight excluding hydrogens is 448 g/mol. The third-order valence-electron chi connectivity index (χ3n) is 4.32. The molecular formula is C22H23BrN4O3. The number of halogens is 1. The molecule has 0 saturated heterocycles. The van der Waals surface area contributed by atoms with Crippen molar-refractivity contribution < 1.29 is 14.3 Å². The van der Waals surface area contributed by atoms with Gasteiger partial charge in [-0.1, -0.05) is 17.7 Å². The molecule has 2 aromatic carbocycles. The lowest BCUT2D eigenvalue weighted by Crippen LogP contribution is -2.28. The van der Waals surface area contributed by atoms with E-state index >= 15 is 0 Å². The number of benzene rings is 2. The van der Waals surface area contributed by atoms with Crippen LogP contribution in [0.3, 0.4) is 0 Å². The molecule has 0 aliphatic rings. The Balaban J connectivity index is 2.04. The van der Waals surface area contributed by atoms with Gasteiger partial charge in [-0.25, -0.2) is 14.7 Å². The van der Waals surface area contributed by atoms with Crippen molar-refractivity contribution in [3.05, 3.63) is 63.8 Å². The number of aromatic nitrogens is 2. The standard InChI is InChI=1S/C22H23BrN4O3/c1-5-29-22(28)27(17-8-6-13(2)7-9-17)21-25-12-18(23)20(26-21)30-19-14(3)10-16(24)11-15(19)4/h6-12H,5,24H2,1-4H3. The Morgan fingerprint density at radius 1 is 1.13 bits per heavy atom. The van der Waals surface area contributed by atoms with E-state index in [1.165, 1.54) is 4.90 Å². The number of amides is 1. The van der Waals surface area contributed by atoms with Crippen molar-refractivity contribution in [1.82, 2.24) is 9.97 Å². The fourth-order valence-electron chi connectivity index (χ4n) is 2.95. The molecule has 0 saturated carbocycles. The molecule has 1 heterocycles. The van der Waals surface area contributed by atoms with Crippen molar-refractivity contribution in [2.75, 3.05) is 17.2 Å². The summed E-state index contributed by atoms with van der Waals surface area (Å²) in [7, 11) is 0. The lowest BCUT2D eigenvalue weighted by Gasteiger charge is -2.21. The average Bonchev–Trinajstić information content (AvgIpc) is 2.68. The number of rotatable bonds is 5. The second-order valence-electron chi connectivity index (χ2n) is 6.78. The molecule has 2 N–H and O–H groups in total. The molecule has 0 unspecified atom stereocenters. The number of ether oxygens (including phenoxy) is 2. The molecule has 3 aromatic rings. The summed E-state index contributed by atoms with van der Waals surface area (Å²) in [5, 5.41) is 0. The number of nitrogens with zero attached hydrogens (tertiary/aromatic N) is 3. The number of hydrogen-bond acceptors (Lipinski definition) is 6. The number of carbonyl (C=O) groups is 1. The highest BCUT2D eigenvalue weighted by molar-refractivity contribution is 9.10. The molecule has 0 bridgehead atoms. The zero-order chi connectivity index (χ0) is 21.8. The molecule has 1 amide bonds. The molecule has 3 rings (SSSR count). The van der Waals surface area contributed by atoms with Gasteiger partial charge in [0.15, 0.2) is 0 Å². The predicted molar refractivity (Wildman–Crippen MR) is 120 cm³/mol. The van der Waals surface area contributed by atoms with E-state index in [0.717, 1.165) is 16.7 Å².